The molecule has 5 heteroatoms. The van der Waals surface area contributed by atoms with Crippen molar-refractivity contribution in [2.75, 3.05) is 6.79 Å². The van der Waals surface area contributed by atoms with Gasteiger partial charge in [0.1, 0.15) is 5.65 Å². The first-order valence-corrected chi connectivity index (χ1v) is 8.12. The average Bonchev–Trinajstić information content (AvgIpc) is 3.15. The molecule has 0 unspecified atom stereocenters. The Labute approximate surface area is 141 Å². The van der Waals surface area contributed by atoms with Gasteiger partial charge in [-0.3, -0.25) is 0 Å². The zero-order valence-electron chi connectivity index (χ0n) is 14.2. The van der Waals surface area contributed by atoms with Gasteiger partial charge in [-0.1, -0.05) is 12.1 Å². The number of ether oxygens (including phenoxy) is 2. The Kier molecular flexibility index (Phi) is 3.46. The van der Waals surface area contributed by atoms with Gasteiger partial charge in [-0.15, -0.1) is 0 Å². The number of hydrogen-bond acceptors (Lipinski definition) is 4. The monoisotopic (exact) mass is 323 g/mol. The maximum Gasteiger partial charge on any atom is 0.231 e. The topological polar surface area (TPSA) is 47.8 Å². The molecule has 24 heavy (non-hydrogen) atoms. The van der Waals surface area contributed by atoms with E-state index in [0.29, 0.717) is 6.79 Å². The highest BCUT2D eigenvalue weighted by Crippen LogP contribution is 2.35. The van der Waals surface area contributed by atoms with Crippen molar-refractivity contribution in [2.45, 2.75) is 32.9 Å². The summed E-state index contributed by atoms with van der Waals surface area (Å²) in [4.78, 5) is 4.62. The highest BCUT2D eigenvalue weighted by Gasteiger charge is 2.24. The van der Waals surface area contributed by atoms with E-state index in [1.807, 2.05) is 24.3 Å². The maximum absolute atomic E-state index is 5.50. The Balaban J connectivity index is 1.58. The lowest BCUT2D eigenvalue weighted by molar-refractivity contribution is 0.174. The normalized spacial score (nSPS) is 13.6. The van der Waals surface area contributed by atoms with Crippen LogP contribution in [0.3, 0.4) is 0 Å². The number of hydrogen-bond donors (Lipinski definition) is 1. The second-order valence-corrected chi connectivity index (χ2v) is 6.62. The first-order chi connectivity index (χ1) is 11.5. The third-order valence-electron chi connectivity index (χ3n) is 4.62. The minimum absolute atomic E-state index is 0.202. The quantitative estimate of drug-likeness (QED) is 0.799. The predicted molar refractivity (Wildman–Crippen MR) is 92.4 cm³/mol. The molecule has 0 bridgehead atoms. The van der Waals surface area contributed by atoms with Crippen LogP contribution in [0, 0.1) is 6.92 Å². The number of aryl methyl sites for hydroxylation is 1. The largest absolute Gasteiger partial charge is 0.454 e. The molecule has 5 nitrogen and oxygen atoms in total. The van der Waals surface area contributed by atoms with Crippen molar-refractivity contribution in [3.63, 3.8) is 0 Å². The van der Waals surface area contributed by atoms with Crippen LogP contribution in [-0.2, 0) is 12.1 Å². The molecule has 3 aromatic rings. The zero-order valence-corrected chi connectivity index (χ0v) is 14.2. The van der Waals surface area contributed by atoms with E-state index in [1.54, 1.807) is 0 Å². The van der Waals surface area contributed by atoms with Crippen LogP contribution in [0.15, 0.2) is 42.6 Å². The van der Waals surface area contributed by atoms with Crippen molar-refractivity contribution in [3.8, 4) is 11.5 Å². The second kappa shape index (κ2) is 5.53. The first kappa shape index (κ1) is 15.0. The van der Waals surface area contributed by atoms with Crippen LogP contribution in [0.2, 0.25) is 0 Å². The van der Waals surface area contributed by atoms with Gasteiger partial charge in [0.15, 0.2) is 11.5 Å². The lowest BCUT2D eigenvalue weighted by Gasteiger charge is -2.27. The van der Waals surface area contributed by atoms with E-state index in [2.05, 4.69) is 53.8 Å². The van der Waals surface area contributed by atoms with Crippen LogP contribution >= 0.6 is 0 Å². The van der Waals surface area contributed by atoms with Gasteiger partial charge in [0.05, 0.1) is 11.4 Å². The minimum Gasteiger partial charge on any atom is -0.454 e. The molecule has 0 atom stereocenters. The summed E-state index contributed by atoms with van der Waals surface area (Å²) in [6, 6.07) is 12.2. The number of aromatic nitrogens is 2. The van der Waals surface area contributed by atoms with Crippen LogP contribution in [0.25, 0.3) is 5.65 Å². The molecule has 1 aromatic carbocycles. The summed E-state index contributed by atoms with van der Waals surface area (Å²) in [5.74, 6) is 1.63. The van der Waals surface area contributed by atoms with E-state index in [1.165, 1.54) is 11.3 Å². The molecule has 0 saturated carbocycles. The van der Waals surface area contributed by atoms with Crippen LogP contribution in [0.4, 0.5) is 0 Å². The number of fused-ring (bicyclic) bond motifs is 2. The summed E-state index contributed by atoms with van der Waals surface area (Å²) in [6.07, 6.45) is 2.06. The minimum atomic E-state index is -0.202. The average molecular weight is 323 g/mol. The van der Waals surface area contributed by atoms with Gasteiger partial charge in [0, 0.05) is 18.3 Å². The van der Waals surface area contributed by atoms with Crippen LogP contribution in [-0.4, -0.2) is 16.2 Å². The maximum atomic E-state index is 5.50. The van der Waals surface area contributed by atoms with Crippen molar-refractivity contribution >= 4 is 5.65 Å². The van der Waals surface area contributed by atoms with Gasteiger partial charge in [-0.05, 0) is 50.6 Å². The molecule has 1 N–H and O–H groups in total. The molecule has 4 rings (SSSR count). The first-order valence-electron chi connectivity index (χ1n) is 8.12. The summed E-state index contributed by atoms with van der Waals surface area (Å²) < 4.78 is 13.0. The highest BCUT2D eigenvalue weighted by atomic mass is 16.7. The molecule has 0 saturated heterocycles. The number of pyridine rings is 1. The molecule has 0 aliphatic carbocycles. The fourth-order valence-electron chi connectivity index (χ4n) is 3.07. The summed E-state index contributed by atoms with van der Waals surface area (Å²) >= 11 is 0. The second-order valence-electron chi connectivity index (χ2n) is 6.62. The third kappa shape index (κ3) is 2.51. The van der Waals surface area contributed by atoms with Crippen molar-refractivity contribution in [1.29, 1.82) is 0 Å². The smallest absolute Gasteiger partial charge is 0.231 e. The van der Waals surface area contributed by atoms with Crippen molar-refractivity contribution < 1.29 is 9.47 Å². The number of nitrogens with one attached hydrogen (secondary N) is 1. The molecular formula is C19H21N3O2. The van der Waals surface area contributed by atoms with Gasteiger partial charge in [-0.2, -0.15) is 0 Å². The molecule has 0 spiro atoms. The van der Waals surface area contributed by atoms with E-state index in [0.717, 1.165) is 29.4 Å². The van der Waals surface area contributed by atoms with Crippen LogP contribution < -0.4 is 14.8 Å². The van der Waals surface area contributed by atoms with E-state index in [-0.39, 0.29) is 5.54 Å². The highest BCUT2D eigenvalue weighted by molar-refractivity contribution is 5.46. The van der Waals surface area contributed by atoms with Crippen molar-refractivity contribution in [2.24, 2.45) is 0 Å². The summed E-state index contributed by atoms with van der Waals surface area (Å²) in [6.45, 7) is 7.43. The molecular weight excluding hydrogens is 302 g/mol. The zero-order chi connectivity index (χ0) is 16.7. The number of nitrogens with zero attached hydrogens (tertiary/aromatic N) is 2. The van der Waals surface area contributed by atoms with Crippen molar-refractivity contribution in [3.05, 3.63) is 59.5 Å². The van der Waals surface area contributed by atoms with Gasteiger partial charge in [0.2, 0.25) is 6.79 Å². The van der Waals surface area contributed by atoms with E-state index < -0.39 is 0 Å². The standard InChI is InChI=1S/C19H21N3O2/c1-13-15(22-9-5-4-6-18(22)21-13)11-20-19(2,3)14-7-8-16-17(10-14)24-12-23-16/h4-10,20H,11-12H2,1-3H3. The molecule has 0 radical (unpaired) electrons. The number of benzene rings is 1. The molecule has 2 aromatic heterocycles. The Morgan fingerprint density at radius 1 is 1.17 bits per heavy atom. The Bertz CT molecular complexity index is 899. The number of imidazole rings is 1. The summed E-state index contributed by atoms with van der Waals surface area (Å²) in [5.41, 5.74) is 4.17. The number of rotatable bonds is 4. The molecule has 0 amide bonds. The molecule has 3 heterocycles. The predicted octanol–water partition coefficient (Wildman–Crippen LogP) is 3.40. The lowest BCUT2D eigenvalue weighted by atomic mass is 9.93. The Morgan fingerprint density at radius 3 is 2.88 bits per heavy atom. The van der Waals surface area contributed by atoms with Gasteiger partial charge >= 0.3 is 0 Å². The molecule has 1 aliphatic rings. The Hall–Kier alpha value is -2.53. The molecule has 124 valence electrons. The van der Waals surface area contributed by atoms with Crippen LogP contribution in [0.5, 0.6) is 11.5 Å². The van der Waals surface area contributed by atoms with E-state index in [9.17, 15) is 0 Å². The molecule has 1 aliphatic heterocycles. The Morgan fingerprint density at radius 2 is 2.00 bits per heavy atom. The lowest BCUT2D eigenvalue weighted by Crippen LogP contribution is -2.36. The van der Waals surface area contributed by atoms with Gasteiger partial charge in [-0.25, -0.2) is 4.98 Å². The molecule has 0 fully saturated rings. The van der Waals surface area contributed by atoms with E-state index in [4.69, 9.17) is 9.47 Å². The third-order valence-corrected chi connectivity index (χ3v) is 4.62. The SMILES string of the molecule is Cc1nc2ccccn2c1CNC(C)(C)c1ccc2c(c1)OCO2. The summed E-state index contributed by atoms with van der Waals surface area (Å²) in [7, 11) is 0. The van der Waals surface area contributed by atoms with Crippen LogP contribution in [0.1, 0.15) is 30.8 Å². The fourth-order valence-corrected chi connectivity index (χ4v) is 3.07. The fraction of sp³-hybridized carbons (Fsp3) is 0.316. The van der Waals surface area contributed by atoms with Gasteiger partial charge < -0.3 is 19.2 Å². The summed E-state index contributed by atoms with van der Waals surface area (Å²) in [5, 5.41) is 3.64. The van der Waals surface area contributed by atoms with E-state index >= 15 is 0 Å². The van der Waals surface area contributed by atoms with Crippen molar-refractivity contribution in [1.82, 2.24) is 14.7 Å². The van der Waals surface area contributed by atoms with Gasteiger partial charge in [0.25, 0.3) is 0 Å².